The van der Waals surface area contributed by atoms with Crippen molar-refractivity contribution in [3.8, 4) is 0 Å². The van der Waals surface area contributed by atoms with E-state index in [9.17, 15) is 0 Å². The van der Waals surface area contributed by atoms with Gasteiger partial charge in [0, 0.05) is 24.8 Å². The molecule has 2 rings (SSSR count). The molecule has 2 N–H and O–H groups in total. The van der Waals surface area contributed by atoms with E-state index in [0.29, 0.717) is 0 Å². The third kappa shape index (κ3) is 4.39. The molecule has 0 bridgehead atoms. The van der Waals surface area contributed by atoms with Gasteiger partial charge in [0.05, 0.1) is 0 Å². The van der Waals surface area contributed by atoms with E-state index in [1.165, 1.54) is 43.4 Å². The summed E-state index contributed by atoms with van der Waals surface area (Å²) in [6, 6.07) is 9.36. The zero-order valence-electron chi connectivity index (χ0n) is 10.8. The number of hydrogen-bond donors (Lipinski definition) is 2. The lowest BCUT2D eigenvalue weighted by molar-refractivity contribution is 0.378. The number of anilines is 1. The van der Waals surface area contributed by atoms with E-state index in [2.05, 4.69) is 41.8 Å². The van der Waals surface area contributed by atoms with Gasteiger partial charge in [-0.3, -0.25) is 0 Å². The molecule has 17 heavy (non-hydrogen) atoms. The molecule has 1 aromatic rings. The first-order chi connectivity index (χ1) is 8.34. The summed E-state index contributed by atoms with van der Waals surface area (Å²) in [4.78, 5) is 0. The minimum absolute atomic E-state index is 0.767. The Kier molecular flexibility index (Phi) is 4.87. The Hall–Kier alpha value is -1.02. The fraction of sp³-hybridized carbons (Fsp3) is 0.600. The zero-order valence-corrected chi connectivity index (χ0v) is 10.8. The van der Waals surface area contributed by atoms with Crippen molar-refractivity contribution < 1.29 is 0 Å². The fourth-order valence-corrected chi connectivity index (χ4v) is 2.46. The maximum absolute atomic E-state index is 3.64. The SMILES string of the molecule is Cc1ccc(NCCNC2CCCCC2)cc1. The van der Waals surface area contributed by atoms with E-state index in [1.807, 2.05) is 0 Å². The van der Waals surface area contributed by atoms with Gasteiger partial charge in [-0.1, -0.05) is 37.0 Å². The molecule has 0 radical (unpaired) electrons. The van der Waals surface area contributed by atoms with Crippen LogP contribution in [0.4, 0.5) is 5.69 Å². The highest BCUT2D eigenvalue weighted by molar-refractivity contribution is 5.44. The summed E-state index contributed by atoms with van der Waals surface area (Å²) in [7, 11) is 0. The highest BCUT2D eigenvalue weighted by atomic mass is 15.0. The van der Waals surface area contributed by atoms with Crippen LogP contribution in [0.1, 0.15) is 37.7 Å². The molecule has 0 aromatic heterocycles. The van der Waals surface area contributed by atoms with Crippen molar-refractivity contribution in [2.24, 2.45) is 0 Å². The molecule has 1 saturated carbocycles. The summed E-state index contributed by atoms with van der Waals surface area (Å²) in [5.74, 6) is 0. The van der Waals surface area contributed by atoms with Crippen LogP contribution in [0.25, 0.3) is 0 Å². The van der Waals surface area contributed by atoms with Crippen molar-refractivity contribution in [1.82, 2.24) is 5.32 Å². The Morgan fingerprint density at radius 3 is 2.41 bits per heavy atom. The number of aryl methyl sites for hydroxylation is 1. The molecular formula is C15H24N2. The van der Waals surface area contributed by atoms with Crippen molar-refractivity contribution in [3.63, 3.8) is 0 Å². The lowest BCUT2D eigenvalue weighted by atomic mass is 9.95. The molecule has 94 valence electrons. The van der Waals surface area contributed by atoms with Gasteiger partial charge in [0.25, 0.3) is 0 Å². The lowest BCUT2D eigenvalue weighted by Gasteiger charge is -2.23. The van der Waals surface area contributed by atoms with E-state index in [4.69, 9.17) is 0 Å². The van der Waals surface area contributed by atoms with Crippen LogP contribution in [0.15, 0.2) is 24.3 Å². The quantitative estimate of drug-likeness (QED) is 0.761. The number of rotatable bonds is 5. The molecule has 1 aliphatic rings. The Balaban J connectivity index is 1.60. The summed E-state index contributed by atoms with van der Waals surface area (Å²) < 4.78 is 0. The molecule has 0 amide bonds. The van der Waals surface area contributed by atoms with Gasteiger partial charge >= 0.3 is 0 Å². The van der Waals surface area contributed by atoms with Gasteiger partial charge in [-0.05, 0) is 31.9 Å². The predicted octanol–water partition coefficient (Wildman–Crippen LogP) is 3.33. The van der Waals surface area contributed by atoms with Crippen LogP contribution in [0.3, 0.4) is 0 Å². The van der Waals surface area contributed by atoms with Crippen molar-refractivity contribution in [2.45, 2.75) is 45.1 Å². The molecule has 0 saturated heterocycles. The maximum Gasteiger partial charge on any atom is 0.0340 e. The van der Waals surface area contributed by atoms with E-state index in [1.54, 1.807) is 0 Å². The molecule has 1 aromatic carbocycles. The first kappa shape index (κ1) is 12.4. The second-order valence-electron chi connectivity index (χ2n) is 5.08. The second kappa shape index (κ2) is 6.65. The Labute approximate surface area is 105 Å². The van der Waals surface area contributed by atoms with Crippen LogP contribution in [-0.4, -0.2) is 19.1 Å². The van der Waals surface area contributed by atoms with Crippen LogP contribution in [0.2, 0.25) is 0 Å². The van der Waals surface area contributed by atoms with Crippen molar-refractivity contribution in [2.75, 3.05) is 18.4 Å². The van der Waals surface area contributed by atoms with Crippen molar-refractivity contribution in [1.29, 1.82) is 0 Å². The Bertz CT molecular complexity index is 312. The number of nitrogens with one attached hydrogen (secondary N) is 2. The third-order valence-corrected chi connectivity index (χ3v) is 3.54. The monoisotopic (exact) mass is 232 g/mol. The first-order valence-electron chi connectivity index (χ1n) is 6.88. The highest BCUT2D eigenvalue weighted by Gasteiger charge is 2.11. The van der Waals surface area contributed by atoms with Crippen LogP contribution in [0, 0.1) is 6.92 Å². The summed E-state index contributed by atoms with van der Waals surface area (Å²) >= 11 is 0. The summed E-state index contributed by atoms with van der Waals surface area (Å²) in [5, 5.41) is 7.09. The van der Waals surface area contributed by atoms with Crippen LogP contribution in [-0.2, 0) is 0 Å². The third-order valence-electron chi connectivity index (χ3n) is 3.54. The van der Waals surface area contributed by atoms with Gasteiger partial charge < -0.3 is 10.6 Å². The van der Waals surface area contributed by atoms with Gasteiger partial charge in [0.1, 0.15) is 0 Å². The van der Waals surface area contributed by atoms with Gasteiger partial charge in [-0.15, -0.1) is 0 Å². The summed E-state index contributed by atoms with van der Waals surface area (Å²) in [6.45, 7) is 4.20. The number of benzene rings is 1. The Morgan fingerprint density at radius 2 is 1.71 bits per heavy atom. The molecule has 0 unspecified atom stereocenters. The zero-order chi connectivity index (χ0) is 11.9. The van der Waals surface area contributed by atoms with Crippen LogP contribution in [0.5, 0.6) is 0 Å². The van der Waals surface area contributed by atoms with Gasteiger partial charge in [-0.25, -0.2) is 0 Å². The Morgan fingerprint density at radius 1 is 1.00 bits per heavy atom. The van der Waals surface area contributed by atoms with Crippen LogP contribution < -0.4 is 10.6 Å². The van der Waals surface area contributed by atoms with E-state index < -0.39 is 0 Å². The molecule has 2 heteroatoms. The van der Waals surface area contributed by atoms with E-state index in [-0.39, 0.29) is 0 Å². The average Bonchev–Trinajstić information content (AvgIpc) is 2.38. The van der Waals surface area contributed by atoms with E-state index in [0.717, 1.165) is 19.1 Å². The molecule has 1 aliphatic carbocycles. The van der Waals surface area contributed by atoms with Gasteiger partial charge in [-0.2, -0.15) is 0 Å². The molecule has 0 spiro atoms. The largest absolute Gasteiger partial charge is 0.384 e. The topological polar surface area (TPSA) is 24.1 Å². The summed E-state index contributed by atoms with van der Waals surface area (Å²) in [6.07, 6.45) is 6.97. The van der Waals surface area contributed by atoms with Gasteiger partial charge in [0.15, 0.2) is 0 Å². The second-order valence-corrected chi connectivity index (χ2v) is 5.08. The van der Waals surface area contributed by atoms with Crippen molar-refractivity contribution >= 4 is 5.69 Å². The average molecular weight is 232 g/mol. The molecule has 1 fully saturated rings. The highest BCUT2D eigenvalue weighted by Crippen LogP contribution is 2.17. The fourth-order valence-electron chi connectivity index (χ4n) is 2.46. The predicted molar refractivity (Wildman–Crippen MR) is 74.5 cm³/mol. The normalized spacial score (nSPS) is 17.0. The number of hydrogen-bond acceptors (Lipinski definition) is 2. The molecular weight excluding hydrogens is 208 g/mol. The molecule has 0 aliphatic heterocycles. The first-order valence-corrected chi connectivity index (χ1v) is 6.88. The lowest BCUT2D eigenvalue weighted by Crippen LogP contribution is -2.34. The minimum Gasteiger partial charge on any atom is -0.384 e. The van der Waals surface area contributed by atoms with Gasteiger partial charge in [0.2, 0.25) is 0 Å². The minimum atomic E-state index is 0.767. The standard InChI is InChI=1S/C15H24N2/c1-13-7-9-15(10-8-13)17-12-11-16-14-5-3-2-4-6-14/h7-10,14,16-17H,2-6,11-12H2,1H3. The smallest absolute Gasteiger partial charge is 0.0340 e. The van der Waals surface area contributed by atoms with E-state index >= 15 is 0 Å². The maximum atomic E-state index is 3.64. The van der Waals surface area contributed by atoms with Crippen molar-refractivity contribution in [3.05, 3.63) is 29.8 Å². The molecule has 2 nitrogen and oxygen atoms in total. The molecule has 0 atom stereocenters. The molecule has 0 heterocycles. The van der Waals surface area contributed by atoms with Crippen LogP contribution >= 0.6 is 0 Å². The summed E-state index contributed by atoms with van der Waals surface area (Å²) in [5.41, 5.74) is 2.54.